The summed E-state index contributed by atoms with van der Waals surface area (Å²) in [4.78, 5) is 15.9. The maximum atomic E-state index is 5.39. The molecule has 0 unspecified atom stereocenters. The summed E-state index contributed by atoms with van der Waals surface area (Å²) in [6.07, 6.45) is 0. The van der Waals surface area contributed by atoms with E-state index in [1.165, 1.54) is 59.1 Å². The standard InChI is InChI=1S/C56H37N5S/c1-56(2)45-27-14-12-24-42(45)49-48(56)43-31-30-40-44-33-36(38-25-16-26-41-39-23-13-15-28-47(39)62-52(38)41)29-32-46(44)61(50(40)51(43)60(49)37-21-10-5-11-22-37)55-58-53(34-17-6-3-7-18-34)57-54(59-55)35-19-8-4-9-20-35/h3-33H,1-2H3. The lowest BCUT2D eigenvalue weighted by atomic mass is 9.81. The first kappa shape index (κ1) is 35.1. The Morgan fingerprint density at radius 3 is 1.82 bits per heavy atom. The molecule has 292 valence electrons. The van der Waals surface area contributed by atoms with Gasteiger partial charge in [0, 0.05) is 64.1 Å². The second-order valence-electron chi connectivity index (χ2n) is 16.8. The van der Waals surface area contributed by atoms with E-state index in [2.05, 4.69) is 175 Å². The van der Waals surface area contributed by atoms with Gasteiger partial charge in [-0.25, -0.2) is 4.98 Å². The van der Waals surface area contributed by atoms with Gasteiger partial charge in [0.05, 0.1) is 22.2 Å². The van der Waals surface area contributed by atoms with Crippen molar-refractivity contribution < 1.29 is 0 Å². The Hall–Kier alpha value is -7.67. The first-order chi connectivity index (χ1) is 30.5. The highest BCUT2D eigenvalue weighted by atomic mass is 32.1. The van der Waals surface area contributed by atoms with E-state index in [0.29, 0.717) is 17.6 Å². The van der Waals surface area contributed by atoms with Crippen LogP contribution in [0.2, 0.25) is 0 Å². The van der Waals surface area contributed by atoms with E-state index in [1.54, 1.807) is 0 Å². The van der Waals surface area contributed by atoms with Gasteiger partial charge < -0.3 is 4.57 Å². The number of hydrogen-bond donors (Lipinski definition) is 0. The number of benzene rings is 8. The average Bonchev–Trinajstić information content (AvgIpc) is 4.05. The fourth-order valence-corrected chi connectivity index (χ4v) is 11.4. The van der Waals surface area contributed by atoms with Crippen molar-refractivity contribution in [1.29, 1.82) is 0 Å². The van der Waals surface area contributed by atoms with Crippen LogP contribution in [0.3, 0.4) is 0 Å². The Kier molecular flexibility index (Phi) is 7.46. The third-order valence-corrected chi connectivity index (χ3v) is 14.2. The molecule has 0 amide bonds. The topological polar surface area (TPSA) is 48.5 Å². The molecule has 0 spiro atoms. The summed E-state index contributed by atoms with van der Waals surface area (Å²) in [6, 6.07) is 67.4. The molecule has 0 N–H and O–H groups in total. The molecule has 0 atom stereocenters. The fraction of sp³-hybridized carbons (Fsp3) is 0.0536. The molecule has 0 aliphatic heterocycles. The largest absolute Gasteiger partial charge is 0.307 e. The van der Waals surface area contributed by atoms with Gasteiger partial charge in [0.2, 0.25) is 5.95 Å². The van der Waals surface area contributed by atoms with Crippen LogP contribution in [0.4, 0.5) is 0 Å². The number of fused-ring (bicyclic) bond motifs is 12. The highest BCUT2D eigenvalue weighted by Crippen LogP contribution is 2.55. The Balaban J connectivity index is 1.20. The van der Waals surface area contributed by atoms with Crippen molar-refractivity contribution in [2.75, 3.05) is 0 Å². The molecule has 13 rings (SSSR count). The van der Waals surface area contributed by atoms with E-state index in [0.717, 1.165) is 44.1 Å². The van der Waals surface area contributed by atoms with Crippen LogP contribution in [-0.4, -0.2) is 24.1 Å². The van der Waals surface area contributed by atoms with Gasteiger partial charge in [-0.2, -0.15) is 9.97 Å². The monoisotopic (exact) mass is 811 g/mol. The van der Waals surface area contributed by atoms with Crippen molar-refractivity contribution in [1.82, 2.24) is 24.1 Å². The van der Waals surface area contributed by atoms with Crippen LogP contribution in [0.15, 0.2) is 188 Å². The summed E-state index contributed by atoms with van der Waals surface area (Å²) in [5.74, 6) is 1.83. The minimum Gasteiger partial charge on any atom is -0.307 e. The third-order valence-electron chi connectivity index (χ3n) is 13.0. The van der Waals surface area contributed by atoms with Crippen molar-refractivity contribution in [2.24, 2.45) is 0 Å². The van der Waals surface area contributed by atoms with Gasteiger partial charge in [-0.3, -0.25) is 4.57 Å². The zero-order chi connectivity index (χ0) is 41.1. The van der Waals surface area contributed by atoms with Gasteiger partial charge in [-0.15, -0.1) is 11.3 Å². The summed E-state index contributed by atoms with van der Waals surface area (Å²) >= 11 is 1.87. The van der Waals surface area contributed by atoms with Gasteiger partial charge in [-0.1, -0.05) is 172 Å². The molecule has 0 saturated heterocycles. The molecule has 1 aliphatic carbocycles. The lowest BCUT2D eigenvalue weighted by Crippen LogP contribution is -2.14. The second-order valence-corrected chi connectivity index (χ2v) is 17.8. The molecule has 5 nitrogen and oxygen atoms in total. The normalized spacial score (nSPS) is 13.1. The minimum absolute atomic E-state index is 0.237. The summed E-state index contributed by atoms with van der Waals surface area (Å²) in [5, 5.41) is 6.09. The molecule has 62 heavy (non-hydrogen) atoms. The number of para-hydroxylation sites is 1. The smallest absolute Gasteiger partial charge is 0.238 e. The molecule has 8 aromatic carbocycles. The second kappa shape index (κ2) is 13.2. The predicted molar refractivity (Wildman–Crippen MR) is 258 cm³/mol. The number of nitrogens with zero attached hydrogens (tertiary/aromatic N) is 5. The highest BCUT2D eigenvalue weighted by Gasteiger charge is 2.41. The van der Waals surface area contributed by atoms with E-state index in [4.69, 9.17) is 15.0 Å². The number of rotatable bonds is 5. The number of thiophene rings is 1. The lowest BCUT2D eigenvalue weighted by molar-refractivity contribution is 0.666. The SMILES string of the molecule is CC1(C)c2ccccc2-c2c1c1ccc3c4cc(-c5cccc6c5sc5ccccc56)ccc4n(-c4nc(-c5ccccc5)nc(-c5ccccc5)n4)c3c1n2-c1ccccc1. The zero-order valence-electron chi connectivity index (χ0n) is 34.0. The van der Waals surface area contributed by atoms with Crippen LogP contribution in [0.1, 0.15) is 25.0 Å². The summed E-state index contributed by atoms with van der Waals surface area (Å²) < 4.78 is 7.41. The van der Waals surface area contributed by atoms with Gasteiger partial charge in [0.1, 0.15) is 0 Å². The van der Waals surface area contributed by atoms with Crippen LogP contribution in [0.25, 0.3) is 110 Å². The van der Waals surface area contributed by atoms with Crippen LogP contribution in [0, 0.1) is 0 Å². The van der Waals surface area contributed by atoms with Gasteiger partial charge in [0.25, 0.3) is 0 Å². The van der Waals surface area contributed by atoms with Crippen LogP contribution >= 0.6 is 11.3 Å². The first-order valence-electron chi connectivity index (χ1n) is 21.1. The van der Waals surface area contributed by atoms with Crippen LogP contribution in [0.5, 0.6) is 0 Å². The Morgan fingerprint density at radius 1 is 0.452 bits per heavy atom. The summed E-state index contributed by atoms with van der Waals surface area (Å²) in [6.45, 7) is 4.74. The van der Waals surface area contributed by atoms with E-state index in [9.17, 15) is 0 Å². The molecule has 4 heterocycles. The molecule has 6 heteroatoms. The van der Waals surface area contributed by atoms with Gasteiger partial charge in [0.15, 0.2) is 11.6 Å². The predicted octanol–water partition coefficient (Wildman–Crippen LogP) is 14.6. The quantitative estimate of drug-likeness (QED) is 0.174. The maximum absolute atomic E-state index is 5.39. The van der Waals surface area contributed by atoms with Crippen molar-refractivity contribution >= 4 is 64.2 Å². The Bertz CT molecular complexity index is 3710. The van der Waals surface area contributed by atoms with Crippen LogP contribution in [-0.2, 0) is 5.41 Å². The Morgan fingerprint density at radius 2 is 1.06 bits per heavy atom. The van der Waals surface area contributed by atoms with Crippen molar-refractivity contribution in [3.05, 3.63) is 199 Å². The lowest BCUT2D eigenvalue weighted by Gasteiger charge is -2.21. The van der Waals surface area contributed by atoms with E-state index >= 15 is 0 Å². The summed E-state index contributed by atoms with van der Waals surface area (Å²) in [7, 11) is 0. The van der Waals surface area contributed by atoms with E-state index < -0.39 is 0 Å². The minimum atomic E-state index is -0.237. The molecule has 4 aromatic heterocycles. The Labute approximate surface area is 361 Å². The van der Waals surface area contributed by atoms with Crippen molar-refractivity contribution in [2.45, 2.75) is 19.3 Å². The molecule has 0 saturated carbocycles. The third kappa shape index (κ3) is 4.98. The van der Waals surface area contributed by atoms with Crippen molar-refractivity contribution in [3.8, 4) is 56.8 Å². The molecule has 12 aromatic rings. The average molecular weight is 812 g/mol. The maximum Gasteiger partial charge on any atom is 0.238 e. The number of aromatic nitrogens is 5. The van der Waals surface area contributed by atoms with Crippen molar-refractivity contribution in [3.63, 3.8) is 0 Å². The fourth-order valence-electron chi connectivity index (χ4n) is 10.2. The van der Waals surface area contributed by atoms with E-state index in [-0.39, 0.29) is 5.41 Å². The molecular formula is C56H37N5S. The van der Waals surface area contributed by atoms with Gasteiger partial charge in [-0.05, 0) is 52.6 Å². The summed E-state index contributed by atoms with van der Waals surface area (Å²) in [5.41, 5.74) is 13.5. The number of hydrogen-bond acceptors (Lipinski definition) is 4. The highest BCUT2D eigenvalue weighted by molar-refractivity contribution is 7.26. The van der Waals surface area contributed by atoms with Crippen LogP contribution < -0.4 is 0 Å². The molecule has 0 bridgehead atoms. The van der Waals surface area contributed by atoms with Gasteiger partial charge >= 0.3 is 0 Å². The molecule has 1 aliphatic rings. The molecular weight excluding hydrogens is 775 g/mol. The zero-order valence-corrected chi connectivity index (χ0v) is 34.9. The van der Waals surface area contributed by atoms with E-state index in [1.807, 2.05) is 47.7 Å². The molecule has 0 radical (unpaired) electrons. The molecule has 0 fully saturated rings. The first-order valence-corrected chi connectivity index (χ1v) is 21.9.